The Morgan fingerprint density at radius 1 is 0.935 bits per heavy atom. The van der Waals surface area contributed by atoms with E-state index in [1.54, 1.807) is 12.1 Å². The minimum atomic E-state index is -5.06. The Kier molecular flexibility index (Phi) is 10.3. The zero-order valence-corrected chi connectivity index (χ0v) is 26.0. The number of nitrogens with zero attached hydrogens (tertiary/aromatic N) is 3. The van der Waals surface area contributed by atoms with Crippen molar-refractivity contribution < 1.29 is 48.1 Å². The van der Waals surface area contributed by atoms with Crippen molar-refractivity contribution in [2.24, 2.45) is 0 Å². The molecule has 0 aliphatic carbocycles. The van der Waals surface area contributed by atoms with Gasteiger partial charge in [0, 0.05) is 22.6 Å². The van der Waals surface area contributed by atoms with Crippen LogP contribution in [0.4, 0.5) is 27.8 Å². The van der Waals surface area contributed by atoms with Crippen molar-refractivity contribution in [2.75, 3.05) is 4.72 Å². The van der Waals surface area contributed by atoms with E-state index in [9.17, 15) is 38.8 Å². The molecule has 3 aromatic carbocycles. The second kappa shape index (κ2) is 13.6. The summed E-state index contributed by atoms with van der Waals surface area (Å²) in [7, 11) is -8.46. The van der Waals surface area contributed by atoms with E-state index in [2.05, 4.69) is 19.9 Å². The SMILES string of the molecule is Cc1ccc(S(=O)(=O)O)cc1.O=S(=O)(Nc1cscn1)c1cc(Cl)c(Oc2cc(C(F)(F)F)c(F)cc2-c2ccnnc2)cc1F. The number of nitrogens with one attached hydrogen (secondary N) is 1. The first-order chi connectivity index (χ1) is 21.5. The number of sulfonamides is 1. The smallest absolute Gasteiger partial charge is 0.419 e. The second-order valence-corrected chi connectivity index (χ2v) is 13.2. The van der Waals surface area contributed by atoms with Crippen molar-refractivity contribution in [2.45, 2.75) is 22.9 Å². The van der Waals surface area contributed by atoms with Gasteiger partial charge in [0.25, 0.3) is 20.1 Å². The molecule has 0 unspecified atom stereocenters. The summed E-state index contributed by atoms with van der Waals surface area (Å²) >= 11 is 7.18. The lowest BCUT2D eigenvalue weighted by Crippen LogP contribution is -2.15. The van der Waals surface area contributed by atoms with Crippen LogP contribution >= 0.6 is 22.9 Å². The Balaban J connectivity index is 0.000000369. The van der Waals surface area contributed by atoms with Crippen LogP contribution in [0.2, 0.25) is 5.02 Å². The fourth-order valence-electron chi connectivity index (χ4n) is 3.61. The van der Waals surface area contributed by atoms with Gasteiger partial charge in [-0.2, -0.15) is 31.8 Å². The van der Waals surface area contributed by atoms with Gasteiger partial charge in [-0.05, 0) is 43.3 Å². The van der Waals surface area contributed by atoms with Crippen LogP contribution in [0.1, 0.15) is 11.1 Å². The van der Waals surface area contributed by atoms with Crippen LogP contribution in [0.5, 0.6) is 11.5 Å². The number of aryl methyl sites for hydroxylation is 1. The number of aromatic nitrogens is 3. The molecule has 0 aliphatic rings. The largest absolute Gasteiger partial charge is 0.455 e. The van der Waals surface area contributed by atoms with Crippen LogP contribution in [0.15, 0.2) is 87.7 Å². The number of halogens is 6. The van der Waals surface area contributed by atoms with Gasteiger partial charge < -0.3 is 4.74 Å². The van der Waals surface area contributed by atoms with Gasteiger partial charge in [0.1, 0.15) is 28.0 Å². The maximum Gasteiger partial charge on any atom is 0.419 e. The Labute approximate surface area is 267 Å². The van der Waals surface area contributed by atoms with E-state index in [0.717, 1.165) is 29.2 Å². The van der Waals surface area contributed by atoms with Crippen molar-refractivity contribution in [3.05, 3.63) is 106 Å². The molecule has 0 atom stereocenters. The van der Waals surface area contributed by atoms with E-state index >= 15 is 0 Å². The first kappa shape index (κ1) is 34.6. The average Bonchev–Trinajstić information content (AvgIpc) is 3.47. The van der Waals surface area contributed by atoms with Crippen molar-refractivity contribution >= 4 is 48.9 Å². The first-order valence-electron chi connectivity index (χ1n) is 12.3. The Hall–Kier alpha value is -4.23. The summed E-state index contributed by atoms with van der Waals surface area (Å²) in [6, 6.07) is 9.60. The molecule has 0 aliphatic heterocycles. The van der Waals surface area contributed by atoms with Crippen molar-refractivity contribution in [3.63, 3.8) is 0 Å². The lowest BCUT2D eigenvalue weighted by atomic mass is 10.0. The molecule has 2 aromatic heterocycles. The number of thiazole rings is 1. The lowest BCUT2D eigenvalue weighted by Gasteiger charge is -2.17. The summed E-state index contributed by atoms with van der Waals surface area (Å²) in [5, 5.41) is 8.07. The number of alkyl halides is 3. The highest BCUT2D eigenvalue weighted by Crippen LogP contribution is 2.42. The zero-order valence-electron chi connectivity index (χ0n) is 22.8. The molecule has 46 heavy (non-hydrogen) atoms. The average molecular weight is 721 g/mol. The quantitative estimate of drug-likeness (QED) is 0.130. The van der Waals surface area contributed by atoms with Crippen molar-refractivity contribution in [3.8, 4) is 22.6 Å². The fourth-order valence-corrected chi connectivity index (χ4v) is 6.00. The number of anilines is 1. The number of benzene rings is 3. The highest BCUT2D eigenvalue weighted by Gasteiger charge is 2.36. The monoisotopic (exact) mass is 720 g/mol. The molecule has 0 spiro atoms. The van der Waals surface area contributed by atoms with E-state index in [1.165, 1.54) is 35.3 Å². The second-order valence-electron chi connectivity index (χ2n) is 9.04. The third-order valence-electron chi connectivity index (χ3n) is 5.76. The van der Waals surface area contributed by atoms with E-state index < -0.39 is 64.9 Å². The molecule has 0 amide bonds. The first-order valence-corrected chi connectivity index (χ1v) is 16.5. The third kappa shape index (κ3) is 8.52. The van der Waals surface area contributed by atoms with Crippen molar-refractivity contribution in [1.82, 2.24) is 15.2 Å². The van der Waals surface area contributed by atoms with Gasteiger partial charge in [0.2, 0.25) is 0 Å². The summed E-state index contributed by atoms with van der Waals surface area (Å²) in [6.07, 6.45) is -2.70. The molecule has 5 rings (SSSR count). The topological polar surface area (TPSA) is 148 Å². The molecule has 0 saturated heterocycles. The van der Waals surface area contributed by atoms with Crippen LogP contribution in [0.25, 0.3) is 11.1 Å². The number of ether oxygens (including phenoxy) is 1. The molecule has 0 radical (unpaired) electrons. The lowest BCUT2D eigenvalue weighted by molar-refractivity contribution is -0.140. The van der Waals surface area contributed by atoms with E-state index in [4.69, 9.17) is 20.9 Å². The van der Waals surface area contributed by atoms with Crippen LogP contribution < -0.4 is 9.46 Å². The predicted octanol–water partition coefficient (Wildman–Crippen LogP) is 7.39. The molecule has 2 N–H and O–H groups in total. The van der Waals surface area contributed by atoms with Crippen LogP contribution in [-0.2, 0) is 26.3 Å². The van der Waals surface area contributed by atoms with Gasteiger partial charge in [0.15, 0.2) is 5.82 Å². The van der Waals surface area contributed by atoms with E-state index in [-0.39, 0.29) is 21.8 Å². The number of hydrogen-bond donors (Lipinski definition) is 2. The number of hydrogen-bond acceptors (Lipinski definition) is 9. The third-order valence-corrected chi connectivity index (χ3v) is 8.88. The number of rotatable bonds is 7. The molecule has 0 bridgehead atoms. The fraction of sp³-hybridized carbons (Fsp3) is 0.0741. The molecule has 0 saturated carbocycles. The molecule has 19 heteroatoms. The summed E-state index contributed by atoms with van der Waals surface area (Å²) in [5.41, 5.74) is 0.653. The van der Waals surface area contributed by atoms with Crippen LogP contribution in [0, 0.1) is 18.6 Å². The molecule has 0 fully saturated rings. The van der Waals surface area contributed by atoms with Gasteiger partial charge in [-0.1, -0.05) is 29.3 Å². The van der Waals surface area contributed by atoms with Crippen LogP contribution in [-0.4, -0.2) is 36.6 Å². The molecule has 2 heterocycles. The minimum absolute atomic E-state index is 0.0487. The summed E-state index contributed by atoms with van der Waals surface area (Å²) < 4.78 is 131. The predicted molar refractivity (Wildman–Crippen MR) is 158 cm³/mol. The highest BCUT2D eigenvalue weighted by atomic mass is 35.5. The van der Waals surface area contributed by atoms with E-state index in [0.29, 0.717) is 18.2 Å². The standard InChI is InChI=1S/C20H10ClF5N4O3S2.C7H8O3S/c21-13-5-18(35(31,32)30-19-8-34-9-27-19)15(23)6-17(13)33-16-4-12(20(24,25)26)14(22)3-11(16)10-1-2-28-29-7-10;1-6-2-4-7(5-3-6)11(8,9)10/h1-9,30H;2-5H,1H3,(H,8,9,10). The Morgan fingerprint density at radius 2 is 1.63 bits per heavy atom. The van der Waals surface area contributed by atoms with Gasteiger partial charge in [-0.25, -0.2) is 22.2 Å². The molecular weight excluding hydrogens is 703 g/mol. The molecule has 5 aromatic rings. The van der Waals surface area contributed by atoms with E-state index in [1.807, 2.05) is 6.92 Å². The molecular formula is C27H18ClF5N4O6S3. The zero-order chi connectivity index (χ0) is 33.9. The maximum atomic E-state index is 14.8. The molecule has 242 valence electrons. The van der Waals surface area contributed by atoms with Gasteiger partial charge >= 0.3 is 6.18 Å². The minimum Gasteiger partial charge on any atom is -0.455 e. The molecule has 10 nitrogen and oxygen atoms in total. The highest BCUT2D eigenvalue weighted by molar-refractivity contribution is 7.92. The van der Waals surface area contributed by atoms with Gasteiger partial charge in [-0.3, -0.25) is 9.27 Å². The maximum absolute atomic E-state index is 14.8. The Bertz CT molecular complexity index is 2070. The summed E-state index contributed by atoms with van der Waals surface area (Å²) in [6.45, 7) is 1.84. The summed E-state index contributed by atoms with van der Waals surface area (Å²) in [4.78, 5) is 2.83. The normalized spacial score (nSPS) is 11.8. The van der Waals surface area contributed by atoms with Gasteiger partial charge in [-0.15, -0.1) is 11.3 Å². The van der Waals surface area contributed by atoms with Gasteiger partial charge in [0.05, 0.1) is 33.4 Å². The van der Waals surface area contributed by atoms with Crippen LogP contribution in [0.3, 0.4) is 0 Å². The van der Waals surface area contributed by atoms with Crippen molar-refractivity contribution in [1.29, 1.82) is 0 Å². The Morgan fingerprint density at radius 3 is 2.20 bits per heavy atom. The summed E-state index contributed by atoms with van der Waals surface area (Å²) in [5.74, 6) is -3.99.